The Labute approximate surface area is 160 Å². The molecule has 0 amide bonds. The number of fused-ring (bicyclic) bond motifs is 1. The van der Waals surface area contributed by atoms with Gasteiger partial charge in [-0.25, -0.2) is 4.79 Å². The summed E-state index contributed by atoms with van der Waals surface area (Å²) in [5.74, 6) is -1.01. The molecule has 9 nitrogen and oxygen atoms in total. The third-order valence-corrected chi connectivity index (χ3v) is 5.13. The van der Waals surface area contributed by atoms with Crippen molar-refractivity contribution in [2.75, 3.05) is 6.61 Å². The average Bonchev–Trinajstić information content (AvgIpc) is 3.13. The minimum Gasteiger partial charge on any atom is -0.394 e. The van der Waals surface area contributed by atoms with Crippen LogP contribution >= 0.6 is 0 Å². The molecule has 2 aliphatic rings. The van der Waals surface area contributed by atoms with E-state index in [-0.39, 0.29) is 0 Å². The Hall–Kier alpha value is -2.30. The molecule has 2 saturated heterocycles. The van der Waals surface area contributed by atoms with E-state index in [4.69, 9.17) is 14.2 Å². The number of aromatic nitrogens is 2. The molecule has 3 heterocycles. The van der Waals surface area contributed by atoms with E-state index in [0.717, 1.165) is 10.6 Å². The topological polar surface area (TPSA) is 123 Å². The van der Waals surface area contributed by atoms with Crippen molar-refractivity contribution in [2.24, 2.45) is 0 Å². The lowest BCUT2D eigenvalue weighted by Gasteiger charge is -2.39. The van der Waals surface area contributed by atoms with E-state index in [2.05, 4.69) is 4.98 Å². The molecular formula is C19H22N2O7. The molecule has 2 aromatic rings. The van der Waals surface area contributed by atoms with Crippen LogP contribution < -0.4 is 11.2 Å². The van der Waals surface area contributed by atoms with Crippen LogP contribution in [0, 0.1) is 0 Å². The van der Waals surface area contributed by atoms with Crippen LogP contribution in [0.1, 0.15) is 25.5 Å². The molecule has 4 rings (SSSR count). The lowest BCUT2D eigenvalue weighted by atomic mass is 9.92. The lowest BCUT2D eigenvalue weighted by Crippen LogP contribution is -2.55. The molecule has 2 aliphatic heterocycles. The van der Waals surface area contributed by atoms with Gasteiger partial charge >= 0.3 is 5.69 Å². The summed E-state index contributed by atoms with van der Waals surface area (Å²) in [7, 11) is 0. The quantitative estimate of drug-likeness (QED) is 0.663. The smallest absolute Gasteiger partial charge is 0.330 e. The summed E-state index contributed by atoms with van der Waals surface area (Å²) in [6, 6.07) is 9.82. The Morgan fingerprint density at radius 2 is 1.86 bits per heavy atom. The van der Waals surface area contributed by atoms with Crippen molar-refractivity contribution >= 4 is 0 Å². The molecule has 0 radical (unpaired) electrons. The molecule has 1 aromatic carbocycles. The van der Waals surface area contributed by atoms with Crippen molar-refractivity contribution in [3.05, 3.63) is 69.0 Å². The van der Waals surface area contributed by atoms with E-state index < -0.39 is 53.8 Å². The van der Waals surface area contributed by atoms with Crippen LogP contribution in [0.4, 0.5) is 0 Å². The van der Waals surface area contributed by atoms with Crippen LogP contribution in [0.2, 0.25) is 0 Å². The van der Waals surface area contributed by atoms with Gasteiger partial charge in [0.15, 0.2) is 5.79 Å². The summed E-state index contributed by atoms with van der Waals surface area (Å²) in [6.45, 7) is 3.01. The summed E-state index contributed by atoms with van der Waals surface area (Å²) < 4.78 is 19.1. The third-order valence-electron chi connectivity index (χ3n) is 5.13. The van der Waals surface area contributed by atoms with Crippen molar-refractivity contribution in [1.82, 2.24) is 9.55 Å². The standard InChI is InChI=1S/C19H22N2O7/c1-18(2)27-14-12(10-22)26-19(16(14)28-18,15(24)11-6-4-3-5-7-11)21-9-8-13(23)20-17(21)25/h3-9,12,14-16,22,24H,10H2,1-2H3,(H,20,23,25)/t12-,14-,15+,16-,19-/m1/s1. The maximum atomic E-state index is 12.7. The van der Waals surface area contributed by atoms with Crippen LogP contribution in [0.25, 0.3) is 0 Å². The molecule has 9 heteroatoms. The fraction of sp³-hybridized carbons (Fsp3) is 0.474. The Bertz CT molecular complexity index is 970. The molecule has 2 fully saturated rings. The van der Waals surface area contributed by atoms with Gasteiger partial charge in [0.2, 0.25) is 5.72 Å². The molecule has 0 spiro atoms. The van der Waals surface area contributed by atoms with Gasteiger partial charge in [0.25, 0.3) is 5.56 Å². The number of ether oxygens (including phenoxy) is 3. The number of aromatic amines is 1. The zero-order valence-electron chi connectivity index (χ0n) is 15.4. The molecule has 0 bridgehead atoms. The van der Waals surface area contributed by atoms with Gasteiger partial charge in [0.1, 0.15) is 24.4 Å². The Kier molecular flexibility index (Phi) is 4.52. The molecule has 0 saturated carbocycles. The van der Waals surface area contributed by atoms with Crippen molar-refractivity contribution in [3.63, 3.8) is 0 Å². The zero-order chi connectivity index (χ0) is 20.1. The second-order valence-electron chi connectivity index (χ2n) is 7.40. The Balaban J connectivity index is 1.94. The van der Waals surface area contributed by atoms with Gasteiger partial charge in [0, 0.05) is 12.3 Å². The number of aliphatic hydroxyl groups is 2. The predicted octanol–water partition coefficient (Wildman–Crippen LogP) is -0.166. The number of nitrogens with one attached hydrogen (secondary N) is 1. The van der Waals surface area contributed by atoms with Gasteiger partial charge in [-0.15, -0.1) is 0 Å². The second-order valence-corrected chi connectivity index (χ2v) is 7.40. The van der Waals surface area contributed by atoms with Crippen LogP contribution in [-0.2, 0) is 19.9 Å². The summed E-state index contributed by atoms with van der Waals surface area (Å²) in [5.41, 5.74) is -2.63. The average molecular weight is 390 g/mol. The molecule has 3 N–H and O–H groups in total. The first kappa shape index (κ1) is 19.0. The van der Waals surface area contributed by atoms with E-state index >= 15 is 0 Å². The van der Waals surface area contributed by atoms with Crippen molar-refractivity contribution in [2.45, 2.75) is 49.8 Å². The molecule has 1 aromatic heterocycles. The number of H-pyrrole nitrogens is 1. The number of hydrogen-bond donors (Lipinski definition) is 3. The van der Waals surface area contributed by atoms with Crippen LogP contribution in [0.3, 0.4) is 0 Å². The number of rotatable bonds is 4. The molecule has 28 heavy (non-hydrogen) atoms. The summed E-state index contributed by atoms with van der Waals surface area (Å²) >= 11 is 0. The van der Waals surface area contributed by atoms with Crippen LogP contribution in [0.15, 0.2) is 52.2 Å². The number of hydrogen-bond acceptors (Lipinski definition) is 7. The van der Waals surface area contributed by atoms with Gasteiger partial charge in [-0.1, -0.05) is 30.3 Å². The molecule has 0 unspecified atom stereocenters. The normalized spacial score (nSPS) is 32.2. The summed E-state index contributed by atoms with van der Waals surface area (Å²) in [4.78, 5) is 26.4. The van der Waals surface area contributed by atoms with Gasteiger partial charge in [-0.05, 0) is 19.4 Å². The highest BCUT2D eigenvalue weighted by Gasteiger charge is 2.67. The SMILES string of the molecule is CC1(C)O[C@H]2[C@@H](O1)[C@]([C@@H](O)c1ccccc1)(n1ccc(=O)[nH]c1=O)O[C@@H]2CO. The first-order valence-electron chi connectivity index (χ1n) is 8.98. The van der Waals surface area contributed by atoms with Gasteiger partial charge in [-0.2, -0.15) is 0 Å². The van der Waals surface area contributed by atoms with Crippen molar-refractivity contribution < 1.29 is 24.4 Å². The van der Waals surface area contributed by atoms with E-state index in [1.807, 2.05) is 0 Å². The minimum atomic E-state index is -1.76. The lowest BCUT2D eigenvalue weighted by molar-refractivity contribution is -0.264. The molecule has 150 valence electrons. The largest absolute Gasteiger partial charge is 0.394 e. The van der Waals surface area contributed by atoms with E-state index in [1.54, 1.807) is 44.2 Å². The van der Waals surface area contributed by atoms with Crippen LogP contribution in [-0.4, -0.2) is 50.5 Å². The first-order chi connectivity index (χ1) is 13.3. The number of aliphatic hydroxyl groups excluding tert-OH is 2. The van der Waals surface area contributed by atoms with E-state index in [1.165, 1.54) is 6.20 Å². The third kappa shape index (κ3) is 2.83. The van der Waals surface area contributed by atoms with E-state index in [9.17, 15) is 19.8 Å². The molecule has 5 atom stereocenters. The van der Waals surface area contributed by atoms with Crippen molar-refractivity contribution in [3.8, 4) is 0 Å². The monoisotopic (exact) mass is 390 g/mol. The Morgan fingerprint density at radius 3 is 2.50 bits per heavy atom. The van der Waals surface area contributed by atoms with E-state index in [0.29, 0.717) is 5.56 Å². The van der Waals surface area contributed by atoms with Crippen LogP contribution in [0.5, 0.6) is 0 Å². The highest BCUT2D eigenvalue weighted by Crippen LogP contribution is 2.51. The summed E-state index contributed by atoms with van der Waals surface area (Å²) in [6.07, 6.45) is -2.59. The zero-order valence-corrected chi connectivity index (χ0v) is 15.4. The van der Waals surface area contributed by atoms with Crippen molar-refractivity contribution in [1.29, 1.82) is 0 Å². The summed E-state index contributed by atoms with van der Waals surface area (Å²) in [5, 5.41) is 21.2. The van der Waals surface area contributed by atoms with Gasteiger partial charge in [0.05, 0.1) is 6.61 Å². The highest BCUT2D eigenvalue weighted by atomic mass is 16.8. The maximum Gasteiger partial charge on any atom is 0.330 e. The molecule has 0 aliphatic carbocycles. The fourth-order valence-corrected chi connectivity index (χ4v) is 4.01. The Morgan fingerprint density at radius 1 is 1.14 bits per heavy atom. The number of benzene rings is 1. The first-order valence-corrected chi connectivity index (χ1v) is 8.98. The maximum absolute atomic E-state index is 12.7. The number of nitrogens with zero attached hydrogens (tertiary/aromatic N) is 1. The minimum absolute atomic E-state index is 0.401. The second kappa shape index (κ2) is 6.64. The predicted molar refractivity (Wildman–Crippen MR) is 96.5 cm³/mol. The van der Waals surface area contributed by atoms with Gasteiger partial charge in [-0.3, -0.25) is 14.3 Å². The fourth-order valence-electron chi connectivity index (χ4n) is 4.01. The van der Waals surface area contributed by atoms with Gasteiger partial charge < -0.3 is 24.4 Å². The highest BCUT2D eigenvalue weighted by molar-refractivity contribution is 5.23. The molecular weight excluding hydrogens is 368 g/mol.